The highest BCUT2D eigenvalue weighted by atomic mass is 19.4. The zero-order valence-electron chi connectivity index (χ0n) is 23.5. The first-order valence-corrected chi connectivity index (χ1v) is 13.1. The number of carbonyl (C=O) groups excluding carboxylic acids is 1. The topological polar surface area (TPSA) is 125 Å². The van der Waals surface area contributed by atoms with Gasteiger partial charge in [0.05, 0.1) is 30.2 Å². The number of H-pyrrole nitrogens is 1. The number of fused-ring (bicyclic) bond motifs is 1. The van der Waals surface area contributed by atoms with Crippen LogP contribution in [0.2, 0.25) is 0 Å². The quantitative estimate of drug-likeness (QED) is 0.387. The molecular weight excluding hydrogens is 541 g/mol. The highest BCUT2D eigenvalue weighted by Gasteiger charge is 2.44. The van der Waals surface area contributed by atoms with Gasteiger partial charge in [0.1, 0.15) is 17.0 Å². The third-order valence-electron chi connectivity index (χ3n) is 6.87. The summed E-state index contributed by atoms with van der Waals surface area (Å²) in [5.41, 5.74) is -1.18. The first-order chi connectivity index (χ1) is 19.1. The molecule has 0 unspecified atom stereocenters. The molecule has 0 aliphatic carbocycles. The van der Waals surface area contributed by atoms with Crippen molar-refractivity contribution in [1.29, 1.82) is 5.26 Å². The van der Waals surface area contributed by atoms with Gasteiger partial charge in [0.2, 0.25) is 0 Å². The number of carbonyl (C=O) groups is 1. The van der Waals surface area contributed by atoms with E-state index in [-0.39, 0.29) is 36.2 Å². The molecular formula is C28H33F3N6O4. The molecule has 0 amide bonds. The molecule has 2 aromatic heterocycles. The zero-order valence-corrected chi connectivity index (χ0v) is 23.5. The van der Waals surface area contributed by atoms with Crippen molar-refractivity contribution in [3.8, 4) is 6.07 Å². The van der Waals surface area contributed by atoms with Gasteiger partial charge in [-0.15, -0.1) is 0 Å². The van der Waals surface area contributed by atoms with Gasteiger partial charge in [-0.2, -0.15) is 23.5 Å². The van der Waals surface area contributed by atoms with Crippen molar-refractivity contribution in [2.45, 2.75) is 69.5 Å². The fourth-order valence-corrected chi connectivity index (χ4v) is 5.08. The number of nitrogens with one attached hydrogen (secondary N) is 2. The highest BCUT2D eigenvalue weighted by Crippen LogP contribution is 2.39. The number of aromatic amines is 1. The summed E-state index contributed by atoms with van der Waals surface area (Å²) in [6, 6.07) is 7.76. The van der Waals surface area contributed by atoms with E-state index in [1.165, 1.54) is 44.6 Å². The molecule has 41 heavy (non-hydrogen) atoms. The van der Waals surface area contributed by atoms with Gasteiger partial charge in [-0.3, -0.25) is 14.4 Å². The number of pyridine rings is 1. The first-order valence-electron chi connectivity index (χ1n) is 13.1. The molecule has 2 N–H and O–H groups in total. The second kappa shape index (κ2) is 11.2. The van der Waals surface area contributed by atoms with E-state index in [9.17, 15) is 28.0 Å². The average molecular weight is 575 g/mol. The Morgan fingerprint density at radius 2 is 1.98 bits per heavy atom. The number of alkyl halides is 3. The zero-order chi connectivity index (χ0) is 30.2. The van der Waals surface area contributed by atoms with E-state index < -0.39 is 41.0 Å². The van der Waals surface area contributed by atoms with Gasteiger partial charge < -0.3 is 19.8 Å². The number of nitriles is 1. The van der Waals surface area contributed by atoms with Gasteiger partial charge >= 0.3 is 12.1 Å². The van der Waals surface area contributed by atoms with Crippen LogP contribution in [0.1, 0.15) is 51.6 Å². The van der Waals surface area contributed by atoms with Crippen molar-refractivity contribution in [1.82, 2.24) is 19.7 Å². The van der Waals surface area contributed by atoms with Gasteiger partial charge in [0.15, 0.2) is 11.9 Å². The van der Waals surface area contributed by atoms with Crippen LogP contribution in [0.4, 0.5) is 24.7 Å². The fourth-order valence-electron chi connectivity index (χ4n) is 5.08. The Kier molecular flexibility index (Phi) is 8.20. The second-order valence-electron chi connectivity index (χ2n) is 11.4. The van der Waals surface area contributed by atoms with Crippen molar-refractivity contribution < 1.29 is 27.4 Å². The molecule has 0 saturated carbocycles. The average Bonchev–Trinajstić information content (AvgIpc) is 3.24. The van der Waals surface area contributed by atoms with E-state index >= 15 is 0 Å². The van der Waals surface area contributed by atoms with Crippen molar-refractivity contribution in [2.24, 2.45) is 0 Å². The summed E-state index contributed by atoms with van der Waals surface area (Å²) in [6.07, 6.45) is -3.17. The van der Waals surface area contributed by atoms with Gasteiger partial charge in [0, 0.05) is 11.9 Å². The summed E-state index contributed by atoms with van der Waals surface area (Å²) in [4.78, 5) is 29.2. The number of ether oxygens (including phenoxy) is 2. The van der Waals surface area contributed by atoms with Crippen molar-refractivity contribution >= 4 is 28.4 Å². The molecule has 1 aromatic carbocycles. The number of hydrogen-bond acceptors (Lipinski definition) is 8. The molecule has 10 nitrogen and oxygen atoms in total. The predicted octanol–water partition coefficient (Wildman–Crippen LogP) is 4.76. The lowest BCUT2D eigenvalue weighted by Gasteiger charge is -2.39. The number of nitrogens with zero attached hydrogens (tertiary/aromatic N) is 4. The Labute approximate surface area is 235 Å². The standard InChI is InChI=1S/C28H33F3N6O4/c1-26(2,3)41-25(39)20-10-12-27(13-14-32,16-40-20)37-19-11-15-33-24(38)21(19)23(35-37)34-18-8-6-17(7-9-18)22(36(4)5)28(29,30)31/h6-9,11,15,20,22H,10,12-13,16H2,1-5H3,(H,33,38)(H,34,35)/t20-,22+,27-/m0/s1. The van der Waals surface area contributed by atoms with Gasteiger partial charge in [-0.05, 0) is 71.5 Å². The Bertz CT molecular complexity index is 1490. The lowest BCUT2D eigenvalue weighted by Crippen LogP contribution is -2.47. The van der Waals surface area contributed by atoms with Crippen LogP contribution in [-0.4, -0.2) is 64.2 Å². The lowest BCUT2D eigenvalue weighted by atomic mass is 9.87. The Morgan fingerprint density at radius 3 is 2.51 bits per heavy atom. The molecule has 1 aliphatic rings. The normalized spacial score (nSPS) is 20.5. The number of halogens is 3. The summed E-state index contributed by atoms with van der Waals surface area (Å²) in [7, 11) is 2.72. The molecule has 0 spiro atoms. The van der Waals surface area contributed by atoms with Crippen molar-refractivity contribution in [2.75, 3.05) is 26.0 Å². The summed E-state index contributed by atoms with van der Waals surface area (Å²) < 4.78 is 53.7. The summed E-state index contributed by atoms with van der Waals surface area (Å²) in [5, 5.41) is 17.6. The molecule has 3 heterocycles. The Balaban J connectivity index is 1.67. The van der Waals surface area contributed by atoms with E-state index in [1.54, 1.807) is 31.5 Å². The molecule has 220 valence electrons. The number of aromatic nitrogens is 3. The second-order valence-corrected chi connectivity index (χ2v) is 11.4. The molecule has 3 aromatic rings. The summed E-state index contributed by atoms with van der Waals surface area (Å²) in [5.74, 6) is -0.321. The first kappa shape index (κ1) is 30.1. The minimum Gasteiger partial charge on any atom is -0.458 e. The maximum atomic E-state index is 13.6. The third kappa shape index (κ3) is 6.39. The fraction of sp³-hybridized carbons (Fsp3) is 0.500. The summed E-state index contributed by atoms with van der Waals surface area (Å²) >= 11 is 0. The van der Waals surface area contributed by atoms with Gasteiger partial charge in [-0.25, -0.2) is 4.79 Å². The van der Waals surface area contributed by atoms with Crippen LogP contribution >= 0.6 is 0 Å². The van der Waals surface area contributed by atoms with Crippen molar-refractivity contribution in [3.05, 3.63) is 52.4 Å². The maximum Gasteiger partial charge on any atom is 0.408 e. The van der Waals surface area contributed by atoms with Crippen LogP contribution in [-0.2, 0) is 19.8 Å². The van der Waals surface area contributed by atoms with Crippen LogP contribution in [0.25, 0.3) is 10.9 Å². The molecule has 1 aliphatic heterocycles. The number of hydrogen-bond donors (Lipinski definition) is 2. The van der Waals surface area contributed by atoms with Gasteiger partial charge in [-0.1, -0.05) is 12.1 Å². The third-order valence-corrected chi connectivity index (χ3v) is 6.87. The molecule has 3 atom stereocenters. The minimum absolute atomic E-state index is 0.00484. The molecule has 0 bridgehead atoms. The van der Waals surface area contributed by atoms with E-state index in [0.717, 1.165) is 4.90 Å². The van der Waals surface area contributed by atoms with Crippen LogP contribution < -0.4 is 10.9 Å². The largest absolute Gasteiger partial charge is 0.458 e. The van der Waals surface area contributed by atoms with Crippen molar-refractivity contribution in [3.63, 3.8) is 0 Å². The highest BCUT2D eigenvalue weighted by molar-refractivity contribution is 5.91. The Hall–Kier alpha value is -3.89. The number of esters is 1. The van der Waals surface area contributed by atoms with E-state index in [1.807, 2.05) is 0 Å². The number of rotatable bonds is 7. The van der Waals surface area contributed by atoms with Crippen LogP contribution in [0.15, 0.2) is 41.3 Å². The molecule has 1 fully saturated rings. The van der Waals surface area contributed by atoms with Crippen LogP contribution in [0, 0.1) is 11.3 Å². The molecule has 1 saturated heterocycles. The van der Waals surface area contributed by atoms with Crippen LogP contribution in [0.3, 0.4) is 0 Å². The van der Waals surface area contributed by atoms with Crippen LogP contribution in [0.5, 0.6) is 0 Å². The van der Waals surface area contributed by atoms with E-state index in [0.29, 0.717) is 17.6 Å². The van der Waals surface area contributed by atoms with E-state index in [2.05, 4.69) is 21.5 Å². The SMILES string of the molecule is CN(C)[C@H](c1ccc(Nc2nn([C@]3(CC#N)CC[C@@H](C(=O)OC(C)(C)C)OC3)c3cc[nH]c(=O)c23)cc1)C(F)(F)F. The lowest BCUT2D eigenvalue weighted by molar-refractivity contribution is -0.179. The molecule has 4 rings (SSSR count). The van der Waals surface area contributed by atoms with Gasteiger partial charge in [0.25, 0.3) is 5.56 Å². The number of anilines is 2. The molecule has 0 radical (unpaired) electrons. The van der Waals surface area contributed by atoms with E-state index in [4.69, 9.17) is 9.47 Å². The maximum absolute atomic E-state index is 13.6. The smallest absolute Gasteiger partial charge is 0.408 e. The predicted molar refractivity (Wildman–Crippen MR) is 146 cm³/mol. The number of benzene rings is 1. The molecule has 13 heteroatoms. The monoisotopic (exact) mass is 574 g/mol. The minimum atomic E-state index is -4.46. The summed E-state index contributed by atoms with van der Waals surface area (Å²) in [6.45, 7) is 5.27. The Morgan fingerprint density at radius 1 is 1.29 bits per heavy atom.